The molecule has 1 saturated heterocycles. The average molecular weight is 286 g/mol. The van der Waals surface area contributed by atoms with Crippen molar-refractivity contribution in [3.05, 3.63) is 22.4 Å². The summed E-state index contributed by atoms with van der Waals surface area (Å²) in [5, 5.41) is 6.33. The van der Waals surface area contributed by atoms with E-state index in [0.29, 0.717) is 18.3 Å². The van der Waals surface area contributed by atoms with E-state index in [9.17, 15) is 4.79 Å². The molecule has 1 aliphatic heterocycles. The molecule has 1 aromatic heterocycles. The van der Waals surface area contributed by atoms with Crippen molar-refractivity contribution in [3.63, 3.8) is 0 Å². The molecule has 4 nitrogen and oxygen atoms in total. The highest BCUT2D eigenvalue weighted by molar-refractivity contribution is 9.10. The van der Waals surface area contributed by atoms with E-state index in [1.54, 1.807) is 12.3 Å². The van der Waals surface area contributed by atoms with Crippen molar-refractivity contribution in [2.24, 2.45) is 0 Å². The van der Waals surface area contributed by atoms with Gasteiger partial charge in [0.05, 0.1) is 0 Å². The number of aromatic nitrogens is 1. The number of nitrogens with one attached hydrogen (secondary N) is 3. The van der Waals surface area contributed by atoms with Gasteiger partial charge >= 0.3 is 0 Å². The summed E-state index contributed by atoms with van der Waals surface area (Å²) < 4.78 is 0.897. The van der Waals surface area contributed by atoms with Crippen LogP contribution in [0.15, 0.2) is 16.7 Å². The van der Waals surface area contributed by atoms with E-state index in [1.807, 2.05) is 0 Å². The molecule has 0 aromatic carbocycles. The molecule has 0 radical (unpaired) electrons. The Morgan fingerprint density at radius 1 is 1.56 bits per heavy atom. The molecule has 1 unspecified atom stereocenters. The third-order valence-corrected chi connectivity index (χ3v) is 3.27. The van der Waals surface area contributed by atoms with E-state index in [1.165, 1.54) is 12.8 Å². The summed E-state index contributed by atoms with van der Waals surface area (Å²) in [6.07, 6.45) is 5.40. The molecule has 1 atom stereocenters. The van der Waals surface area contributed by atoms with Crippen molar-refractivity contribution < 1.29 is 4.79 Å². The molecule has 2 rings (SSSR count). The van der Waals surface area contributed by atoms with E-state index in [0.717, 1.165) is 17.4 Å². The summed E-state index contributed by atoms with van der Waals surface area (Å²) >= 11 is 3.30. The molecule has 1 aliphatic rings. The van der Waals surface area contributed by atoms with E-state index in [-0.39, 0.29) is 5.91 Å². The number of halogens is 1. The summed E-state index contributed by atoms with van der Waals surface area (Å²) in [6.45, 7) is 1.77. The Kier molecular flexibility index (Phi) is 4.01. The molecule has 3 N–H and O–H groups in total. The molecule has 0 aliphatic carbocycles. The van der Waals surface area contributed by atoms with Gasteiger partial charge in [0.1, 0.15) is 5.69 Å². The Labute approximate surface area is 103 Å². The predicted molar refractivity (Wildman–Crippen MR) is 66.5 cm³/mol. The second-order valence-electron chi connectivity index (χ2n) is 4.09. The van der Waals surface area contributed by atoms with Crippen molar-refractivity contribution in [1.82, 2.24) is 15.6 Å². The second-order valence-corrected chi connectivity index (χ2v) is 5.00. The summed E-state index contributed by atoms with van der Waals surface area (Å²) in [5.74, 6) is -0.0435. The number of aromatic amines is 1. The minimum atomic E-state index is -0.0435. The van der Waals surface area contributed by atoms with Crippen LogP contribution in [0.4, 0.5) is 0 Å². The number of amides is 1. The number of hydrogen-bond donors (Lipinski definition) is 3. The maximum absolute atomic E-state index is 11.7. The fraction of sp³-hybridized carbons (Fsp3) is 0.545. The lowest BCUT2D eigenvalue weighted by Gasteiger charge is -2.23. The maximum Gasteiger partial charge on any atom is 0.267 e. The van der Waals surface area contributed by atoms with Gasteiger partial charge in [-0.05, 0) is 41.4 Å². The van der Waals surface area contributed by atoms with Gasteiger partial charge in [-0.1, -0.05) is 6.42 Å². The third-order valence-electron chi connectivity index (χ3n) is 2.81. The van der Waals surface area contributed by atoms with Gasteiger partial charge in [0.15, 0.2) is 0 Å². The van der Waals surface area contributed by atoms with Gasteiger partial charge < -0.3 is 15.6 Å². The lowest BCUT2D eigenvalue weighted by molar-refractivity contribution is 0.0943. The zero-order chi connectivity index (χ0) is 11.4. The molecule has 1 fully saturated rings. The number of carbonyl (C=O) groups excluding carboxylic acids is 1. The molecule has 2 heterocycles. The third kappa shape index (κ3) is 3.09. The van der Waals surface area contributed by atoms with Crippen molar-refractivity contribution in [1.29, 1.82) is 0 Å². The van der Waals surface area contributed by atoms with Crippen LogP contribution in [-0.2, 0) is 0 Å². The van der Waals surface area contributed by atoms with Crippen molar-refractivity contribution >= 4 is 21.8 Å². The van der Waals surface area contributed by atoms with E-state index in [2.05, 4.69) is 31.5 Å². The Morgan fingerprint density at radius 3 is 3.06 bits per heavy atom. The zero-order valence-electron chi connectivity index (χ0n) is 9.05. The molecule has 0 saturated carbocycles. The number of H-pyrrole nitrogens is 1. The van der Waals surface area contributed by atoms with Crippen LogP contribution in [0, 0.1) is 0 Å². The number of piperidine rings is 1. The maximum atomic E-state index is 11.7. The van der Waals surface area contributed by atoms with Crippen LogP contribution in [0.3, 0.4) is 0 Å². The number of rotatable bonds is 3. The molecule has 1 aromatic rings. The molecule has 5 heteroatoms. The Balaban J connectivity index is 1.79. The highest BCUT2D eigenvalue weighted by atomic mass is 79.9. The molecule has 1 amide bonds. The summed E-state index contributed by atoms with van der Waals surface area (Å²) in [6, 6.07) is 2.21. The second kappa shape index (κ2) is 5.50. The van der Waals surface area contributed by atoms with Gasteiger partial charge in [-0.2, -0.15) is 0 Å². The molecular weight excluding hydrogens is 270 g/mol. The first-order valence-electron chi connectivity index (χ1n) is 5.61. The largest absolute Gasteiger partial charge is 0.356 e. The van der Waals surface area contributed by atoms with E-state index < -0.39 is 0 Å². The van der Waals surface area contributed by atoms with Crippen molar-refractivity contribution in [2.75, 3.05) is 13.1 Å². The summed E-state index contributed by atoms with van der Waals surface area (Å²) in [7, 11) is 0. The molecule has 0 spiro atoms. The smallest absolute Gasteiger partial charge is 0.267 e. The van der Waals surface area contributed by atoms with Crippen LogP contribution < -0.4 is 10.6 Å². The number of hydrogen-bond acceptors (Lipinski definition) is 2. The van der Waals surface area contributed by atoms with Gasteiger partial charge in [0, 0.05) is 23.3 Å². The monoisotopic (exact) mass is 285 g/mol. The fourth-order valence-electron chi connectivity index (χ4n) is 1.91. The van der Waals surface area contributed by atoms with E-state index >= 15 is 0 Å². The van der Waals surface area contributed by atoms with Gasteiger partial charge in [-0.15, -0.1) is 0 Å². The zero-order valence-corrected chi connectivity index (χ0v) is 10.6. The molecule has 88 valence electrons. The standard InChI is InChI=1S/C11H16BrN3O/c12-8-5-10(14-6-8)11(16)15-7-9-3-1-2-4-13-9/h5-6,9,13-14H,1-4,7H2,(H,15,16). The number of carbonyl (C=O) groups is 1. The van der Waals surface area contributed by atoms with Crippen LogP contribution in [0.5, 0.6) is 0 Å². The lowest BCUT2D eigenvalue weighted by atomic mass is 10.1. The van der Waals surface area contributed by atoms with Crippen LogP contribution in [-0.4, -0.2) is 30.0 Å². The SMILES string of the molecule is O=C(NCC1CCCCN1)c1cc(Br)c[nH]1. The van der Waals surface area contributed by atoms with E-state index in [4.69, 9.17) is 0 Å². The normalized spacial score (nSPS) is 20.7. The van der Waals surface area contributed by atoms with Crippen LogP contribution >= 0.6 is 15.9 Å². The molecular formula is C11H16BrN3O. The fourth-order valence-corrected chi connectivity index (χ4v) is 2.25. The first-order valence-corrected chi connectivity index (χ1v) is 6.40. The van der Waals surface area contributed by atoms with Crippen LogP contribution in [0.25, 0.3) is 0 Å². The topological polar surface area (TPSA) is 56.9 Å². The highest BCUT2D eigenvalue weighted by Gasteiger charge is 2.14. The lowest BCUT2D eigenvalue weighted by Crippen LogP contribution is -2.43. The van der Waals surface area contributed by atoms with Gasteiger partial charge in [-0.25, -0.2) is 0 Å². The first kappa shape index (κ1) is 11.7. The Morgan fingerprint density at radius 2 is 2.44 bits per heavy atom. The minimum Gasteiger partial charge on any atom is -0.356 e. The van der Waals surface area contributed by atoms with Gasteiger partial charge in [-0.3, -0.25) is 4.79 Å². The Hall–Kier alpha value is -0.810. The van der Waals surface area contributed by atoms with Crippen molar-refractivity contribution in [2.45, 2.75) is 25.3 Å². The Bertz CT molecular complexity index is 358. The molecule has 16 heavy (non-hydrogen) atoms. The van der Waals surface area contributed by atoms with Gasteiger partial charge in [0.25, 0.3) is 5.91 Å². The summed E-state index contributed by atoms with van der Waals surface area (Å²) in [4.78, 5) is 14.6. The average Bonchev–Trinajstić information content (AvgIpc) is 2.74. The first-order chi connectivity index (χ1) is 7.75. The van der Waals surface area contributed by atoms with Crippen LogP contribution in [0.2, 0.25) is 0 Å². The summed E-state index contributed by atoms with van der Waals surface area (Å²) in [5.41, 5.74) is 0.600. The quantitative estimate of drug-likeness (QED) is 0.791. The molecule has 0 bridgehead atoms. The van der Waals surface area contributed by atoms with Gasteiger partial charge in [0.2, 0.25) is 0 Å². The minimum absolute atomic E-state index is 0.0435. The predicted octanol–water partition coefficient (Wildman–Crippen LogP) is 1.65. The highest BCUT2D eigenvalue weighted by Crippen LogP contribution is 2.10. The van der Waals surface area contributed by atoms with Crippen molar-refractivity contribution in [3.8, 4) is 0 Å². The van der Waals surface area contributed by atoms with Crippen LogP contribution in [0.1, 0.15) is 29.8 Å².